The number of nitrogens with zero attached hydrogens (tertiary/aromatic N) is 2. The fourth-order valence-corrected chi connectivity index (χ4v) is 3.32. The molecule has 1 unspecified atom stereocenters. The molecule has 1 atom stereocenters. The number of benzene rings is 3. The first-order valence-corrected chi connectivity index (χ1v) is 9.53. The predicted octanol–water partition coefficient (Wildman–Crippen LogP) is 5.43. The number of ether oxygens (including phenoxy) is 2. The van der Waals surface area contributed by atoms with Crippen molar-refractivity contribution < 1.29 is 9.47 Å². The van der Waals surface area contributed by atoms with Crippen molar-refractivity contribution in [2.45, 2.75) is 26.0 Å². The predicted molar refractivity (Wildman–Crippen MR) is 112 cm³/mol. The highest BCUT2D eigenvalue weighted by molar-refractivity contribution is 5.78. The Morgan fingerprint density at radius 2 is 1.61 bits per heavy atom. The van der Waals surface area contributed by atoms with E-state index >= 15 is 0 Å². The molecular weight excluding hydrogens is 348 g/mol. The van der Waals surface area contributed by atoms with Gasteiger partial charge in [0.15, 0.2) is 0 Å². The van der Waals surface area contributed by atoms with Gasteiger partial charge in [0.25, 0.3) is 0 Å². The summed E-state index contributed by atoms with van der Waals surface area (Å²) in [4.78, 5) is 0. The lowest BCUT2D eigenvalue weighted by Crippen LogP contribution is -2.04. The van der Waals surface area contributed by atoms with Gasteiger partial charge >= 0.3 is 0 Å². The van der Waals surface area contributed by atoms with Gasteiger partial charge in [0.1, 0.15) is 17.6 Å². The fraction of sp³-hybridized carbons (Fsp3) is 0.208. The fourth-order valence-electron chi connectivity index (χ4n) is 3.32. The summed E-state index contributed by atoms with van der Waals surface area (Å²) in [7, 11) is 1.67. The summed E-state index contributed by atoms with van der Waals surface area (Å²) in [6.45, 7) is 2.91. The minimum atomic E-state index is -0.0211. The van der Waals surface area contributed by atoms with E-state index in [0.29, 0.717) is 0 Å². The number of hydrogen-bond donors (Lipinski definition) is 0. The molecule has 1 heterocycles. The van der Waals surface area contributed by atoms with Crippen LogP contribution in [0.5, 0.6) is 11.5 Å². The Morgan fingerprint density at radius 3 is 2.36 bits per heavy atom. The minimum Gasteiger partial charge on any atom is -0.497 e. The Kier molecular flexibility index (Phi) is 5.29. The van der Waals surface area contributed by atoms with Crippen LogP contribution < -0.4 is 9.47 Å². The minimum absolute atomic E-state index is 0.0211. The molecule has 1 aromatic heterocycles. The molecule has 28 heavy (non-hydrogen) atoms. The van der Waals surface area contributed by atoms with E-state index in [2.05, 4.69) is 47.0 Å². The van der Waals surface area contributed by atoms with E-state index in [0.717, 1.165) is 30.0 Å². The summed E-state index contributed by atoms with van der Waals surface area (Å²) >= 11 is 0. The molecule has 3 aromatic carbocycles. The summed E-state index contributed by atoms with van der Waals surface area (Å²) in [5, 5.41) is 5.68. The van der Waals surface area contributed by atoms with Crippen LogP contribution in [0.25, 0.3) is 10.9 Å². The highest BCUT2D eigenvalue weighted by Crippen LogP contribution is 2.24. The van der Waals surface area contributed by atoms with Crippen LogP contribution in [-0.2, 0) is 13.0 Å². The topological polar surface area (TPSA) is 36.3 Å². The largest absolute Gasteiger partial charge is 0.497 e. The van der Waals surface area contributed by atoms with Gasteiger partial charge in [0.2, 0.25) is 0 Å². The lowest BCUT2D eigenvalue weighted by Gasteiger charge is -2.16. The first kappa shape index (κ1) is 18.1. The second-order valence-electron chi connectivity index (χ2n) is 6.85. The van der Waals surface area contributed by atoms with Crippen LogP contribution in [-0.4, -0.2) is 16.9 Å². The van der Waals surface area contributed by atoms with Crippen molar-refractivity contribution in [2.75, 3.05) is 7.11 Å². The normalized spacial score (nSPS) is 12.1. The van der Waals surface area contributed by atoms with Crippen molar-refractivity contribution in [2.24, 2.45) is 0 Å². The molecule has 0 saturated carbocycles. The molecule has 4 rings (SSSR count). The Balaban J connectivity index is 1.36. The Bertz CT molecular complexity index is 1040. The summed E-state index contributed by atoms with van der Waals surface area (Å²) in [6, 6.07) is 24.6. The summed E-state index contributed by atoms with van der Waals surface area (Å²) in [5.74, 6) is 1.72. The van der Waals surface area contributed by atoms with E-state index in [9.17, 15) is 0 Å². The van der Waals surface area contributed by atoms with E-state index in [1.54, 1.807) is 7.11 Å². The summed E-state index contributed by atoms with van der Waals surface area (Å²) in [6.07, 6.45) is 2.83. The molecule has 0 amide bonds. The average Bonchev–Trinajstić information content (AvgIpc) is 3.16. The van der Waals surface area contributed by atoms with Crippen LogP contribution in [0.4, 0.5) is 0 Å². The van der Waals surface area contributed by atoms with E-state index in [1.807, 2.05) is 48.7 Å². The van der Waals surface area contributed by atoms with Gasteiger partial charge in [-0.05, 0) is 54.8 Å². The smallest absolute Gasteiger partial charge is 0.121 e. The zero-order valence-corrected chi connectivity index (χ0v) is 16.2. The lowest BCUT2D eigenvalue weighted by molar-refractivity contribution is 0.227. The first-order valence-electron chi connectivity index (χ1n) is 9.53. The van der Waals surface area contributed by atoms with Gasteiger partial charge < -0.3 is 9.47 Å². The van der Waals surface area contributed by atoms with Gasteiger partial charge in [0.05, 0.1) is 18.8 Å². The molecule has 0 fully saturated rings. The molecule has 0 radical (unpaired) electrons. The van der Waals surface area contributed by atoms with E-state index in [-0.39, 0.29) is 6.10 Å². The number of hydrogen-bond acceptors (Lipinski definition) is 3. The Labute approximate surface area is 165 Å². The number of fused-ring (bicyclic) bond motifs is 1. The Morgan fingerprint density at radius 1 is 0.893 bits per heavy atom. The number of methoxy groups -OCH3 is 1. The van der Waals surface area contributed by atoms with E-state index in [1.165, 1.54) is 16.5 Å². The van der Waals surface area contributed by atoms with Crippen molar-refractivity contribution in [3.8, 4) is 11.5 Å². The van der Waals surface area contributed by atoms with E-state index in [4.69, 9.17) is 9.47 Å². The third-order valence-electron chi connectivity index (χ3n) is 4.98. The molecule has 0 bridgehead atoms. The maximum absolute atomic E-state index is 6.08. The second-order valence-corrected chi connectivity index (χ2v) is 6.85. The second kappa shape index (κ2) is 8.17. The van der Waals surface area contributed by atoms with Gasteiger partial charge in [0, 0.05) is 11.9 Å². The van der Waals surface area contributed by atoms with Crippen molar-refractivity contribution >= 4 is 10.9 Å². The maximum atomic E-state index is 6.08. The van der Waals surface area contributed by atoms with Gasteiger partial charge in [-0.1, -0.05) is 42.5 Å². The van der Waals surface area contributed by atoms with Crippen LogP contribution in [0.1, 0.15) is 24.2 Å². The third-order valence-corrected chi connectivity index (χ3v) is 4.98. The number of aromatic nitrogens is 2. The van der Waals surface area contributed by atoms with Crippen molar-refractivity contribution in [3.05, 3.63) is 90.1 Å². The third kappa shape index (κ3) is 4.01. The summed E-state index contributed by atoms with van der Waals surface area (Å²) in [5.41, 5.74) is 3.57. The number of rotatable bonds is 7. The molecule has 0 aliphatic heterocycles. The molecule has 0 spiro atoms. The van der Waals surface area contributed by atoms with Gasteiger partial charge in [-0.15, -0.1) is 0 Å². The molecule has 0 saturated heterocycles. The molecule has 4 nitrogen and oxygen atoms in total. The standard InChI is InChI=1S/C24H24N2O2/c1-18(20-9-13-22(27-2)14-10-20)28-23-11-7-19(8-12-23)15-16-26-24-6-4-3-5-21(24)17-25-26/h3-14,17-18H,15-16H2,1-2H3. The number of aryl methyl sites for hydroxylation is 2. The molecule has 0 aliphatic carbocycles. The Hall–Kier alpha value is -3.27. The molecule has 4 aromatic rings. The highest BCUT2D eigenvalue weighted by Gasteiger charge is 2.08. The molecule has 142 valence electrons. The van der Waals surface area contributed by atoms with Crippen molar-refractivity contribution in [1.29, 1.82) is 0 Å². The zero-order chi connectivity index (χ0) is 19.3. The van der Waals surface area contributed by atoms with Crippen LogP contribution in [0.15, 0.2) is 79.0 Å². The monoisotopic (exact) mass is 372 g/mol. The highest BCUT2D eigenvalue weighted by atomic mass is 16.5. The molecule has 0 aliphatic rings. The molecule has 4 heteroatoms. The van der Waals surface area contributed by atoms with Crippen LogP contribution in [0.3, 0.4) is 0 Å². The zero-order valence-electron chi connectivity index (χ0n) is 16.2. The maximum Gasteiger partial charge on any atom is 0.121 e. The van der Waals surface area contributed by atoms with Crippen LogP contribution in [0, 0.1) is 0 Å². The summed E-state index contributed by atoms with van der Waals surface area (Å²) < 4.78 is 13.3. The SMILES string of the molecule is COc1ccc(C(C)Oc2ccc(CCn3ncc4ccccc43)cc2)cc1. The van der Waals surface area contributed by atoms with Crippen LogP contribution in [0.2, 0.25) is 0 Å². The average molecular weight is 372 g/mol. The van der Waals surface area contributed by atoms with Crippen molar-refractivity contribution in [1.82, 2.24) is 9.78 Å². The molecule has 0 N–H and O–H groups in total. The van der Waals surface area contributed by atoms with Crippen molar-refractivity contribution in [3.63, 3.8) is 0 Å². The quantitative estimate of drug-likeness (QED) is 0.434. The van der Waals surface area contributed by atoms with Gasteiger partial charge in [-0.2, -0.15) is 5.10 Å². The number of para-hydroxylation sites is 1. The van der Waals surface area contributed by atoms with E-state index < -0.39 is 0 Å². The first-order chi connectivity index (χ1) is 13.7. The molecular formula is C24H24N2O2. The van der Waals surface area contributed by atoms with Gasteiger partial charge in [-0.3, -0.25) is 4.68 Å². The lowest BCUT2D eigenvalue weighted by atomic mass is 10.1. The van der Waals surface area contributed by atoms with Crippen LogP contribution >= 0.6 is 0 Å². The van der Waals surface area contributed by atoms with Gasteiger partial charge in [-0.25, -0.2) is 0 Å².